The summed E-state index contributed by atoms with van der Waals surface area (Å²) >= 11 is 3.27. The molecule has 0 aliphatic heterocycles. The predicted molar refractivity (Wildman–Crippen MR) is 73.6 cm³/mol. The van der Waals surface area contributed by atoms with Gasteiger partial charge in [-0.2, -0.15) is 0 Å². The number of hydrogen-bond acceptors (Lipinski definition) is 4. The standard InChI is InChI=1S/C11H10BrN3O2S/c12-9-3-1-2-4-10(9)15-18(16,17)8-5-6-14-11(13)7-8/h1-7,15H,(H2,13,14). The average Bonchev–Trinajstić information content (AvgIpc) is 2.32. The molecular weight excluding hydrogens is 318 g/mol. The van der Waals surface area contributed by atoms with Gasteiger partial charge in [-0.3, -0.25) is 4.72 Å². The Morgan fingerprint density at radius 2 is 1.94 bits per heavy atom. The zero-order valence-corrected chi connectivity index (χ0v) is 11.6. The molecule has 1 aromatic carbocycles. The van der Waals surface area contributed by atoms with Crippen molar-refractivity contribution in [1.29, 1.82) is 0 Å². The lowest BCUT2D eigenvalue weighted by Gasteiger charge is -2.09. The summed E-state index contributed by atoms with van der Waals surface area (Å²) in [6.07, 6.45) is 1.35. The summed E-state index contributed by atoms with van der Waals surface area (Å²) in [6, 6.07) is 9.63. The molecule has 2 aromatic rings. The first kappa shape index (κ1) is 12.8. The van der Waals surface area contributed by atoms with Gasteiger partial charge < -0.3 is 5.73 Å². The second-order valence-electron chi connectivity index (χ2n) is 3.50. The highest BCUT2D eigenvalue weighted by Gasteiger charge is 2.15. The number of benzene rings is 1. The molecular formula is C11H10BrN3O2S. The van der Waals surface area contributed by atoms with Gasteiger partial charge in [0.1, 0.15) is 5.82 Å². The van der Waals surface area contributed by atoms with E-state index >= 15 is 0 Å². The maximum Gasteiger partial charge on any atom is 0.262 e. The summed E-state index contributed by atoms with van der Waals surface area (Å²) in [7, 11) is -3.66. The fourth-order valence-corrected chi connectivity index (χ4v) is 2.96. The van der Waals surface area contributed by atoms with Crippen LogP contribution in [0.15, 0.2) is 52.0 Å². The molecule has 1 heterocycles. The Hall–Kier alpha value is -1.60. The molecule has 0 amide bonds. The van der Waals surface area contributed by atoms with Crippen molar-refractivity contribution in [2.75, 3.05) is 10.5 Å². The number of nitrogens with two attached hydrogens (primary N) is 1. The van der Waals surface area contributed by atoms with Crippen LogP contribution < -0.4 is 10.5 Å². The Morgan fingerprint density at radius 3 is 2.61 bits per heavy atom. The number of hydrogen-bond donors (Lipinski definition) is 2. The van der Waals surface area contributed by atoms with Crippen molar-refractivity contribution in [3.8, 4) is 0 Å². The van der Waals surface area contributed by atoms with Crippen LogP contribution in [0.4, 0.5) is 11.5 Å². The molecule has 0 fully saturated rings. The Bertz CT molecular complexity index is 673. The topological polar surface area (TPSA) is 85.1 Å². The third-order valence-corrected chi connectivity index (χ3v) is 4.24. The normalized spacial score (nSPS) is 11.2. The summed E-state index contributed by atoms with van der Waals surface area (Å²) < 4.78 is 27.3. The molecule has 18 heavy (non-hydrogen) atoms. The molecule has 94 valence electrons. The monoisotopic (exact) mass is 327 g/mol. The number of pyridine rings is 1. The Balaban J connectivity index is 2.37. The SMILES string of the molecule is Nc1cc(S(=O)(=O)Nc2ccccc2Br)ccn1. The Morgan fingerprint density at radius 1 is 1.22 bits per heavy atom. The minimum atomic E-state index is -3.66. The number of nitrogen functional groups attached to an aromatic ring is 1. The van der Waals surface area contributed by atoms with Crippen LogP contribution in [0, 0.1) is 0 Å². The third-order valence-electron chi connectivity index (χ3n) is 2.18. The number of nitrogens with one attached hydrogen (secondary N) is 1. The molecule has 2 rings (SSSR count). The van der Waals surface area contributed by atoms with Gasteiger partial charge in [-0.15, -0.1) is 0 Å². The second kappa shape index (κ2) is 4.95. The van der Waals surface area contributed by atoms with Crippen LogP contribution in [-0.2, 0) is 10.0 Å². The van der Waals surface area contributed by atoms with E-state index in [0.29, 0.717) is 10.2 Å². The van der Waals surface area contributed by atoms with E-state index in [4.69, 9.17) is 5.73 Å². The lowest BCUT2D eigenvalue weighted by atomic mass is 10.3. The first-order valence-corrected chi connectivity index (χ1v) is 7.25. The van der Waals surface area contributed by atoms with Crippen molar-refractivity contribution < 1.29 is 8.42 Å². The molecule has 0 saturated carbocycles. The van der Waals surface area contributed by atoms with Crippen molar-refractivity contribution in [2.45, 2.75) is 4.90 Å². The number of rotatable bonds is 3. The number of halogens is 1. The molecule has 0 radical (unpaired) electrons. The summed E-state index contributed by atoms with van der Waals surface area (Å²) in [5.41, 5.74) is 5.93. The summed E-state index contributed by atoms with van der Waals surface area (Å²) in [5, 5.41) is 0. The summed E-state index contributed by atoms with van der Waals surface area (Å²) in [6.45, 7) is 0. The fourth-order valence-electron chi connectivity index (χ4n) is 1.34. The Labute approximate surface area is 113 Å². The van der Waals surface area contributed by atoms with Crippen LogP contribution >= 0.6 is 15.9 Å². The highest BCUT2D eigenvalue weighted by molar-refractivity contribution is 9.10. The van der Waals surface area contributed by atoms with Gasteiger partial charge in [0, 0.05) is 16.7 Å². The molecule has 1 aromatic heterocycles. The zero-order chi connectivity index (χ0) is 13.2. The first-order valence-electron chi connectivity index (χ1n) is 4.98. The summed E-state index contributed by atoms with van der Waals surface area (Å²) in [4.78, 5) is 3.83. The molecule has 3 N–H and O–H groups in total. The quantitative estimate of drug-likeness (QED) is 0.905. The number of aromatic nitrogens is 1. The molecule has 5 nitrogen and oxygen atoms in total. The van der Waals surface area contributed by atoms with E-state index in [9.17, 15) is 8.42 Å². The highest BCUT2D eigenvalue weighted by Crippen LogP contribution is 2.24. The van der Waals surface area contributed by atoms with Crippen LogP contribution in [-0.4, -0.2) is 13.4 Å². The number of anilines is 2. The molecule has 0 unspecified atom stereocenters. The highest BCUT2D eigenvalue weighted by atomic mass is 79.9. The lowest BCUT2D eigenvalue weighted by Crippen LogP contribution is -2.13. The maximum absolute atomic E-state index is 12.1. The molecule has 0 atom stereocenters. The van der Waals surface area contributed by atoms with Crippen LogP contribution in [0.2, 0.25) is 0 Å². The average molecular weight is 328 g/mol. The van der Waals surface area contributed by atoms with Gasteiger partial charge in [0.05, 0.1) is 10.6 Å². The molecule has 0 bridgehead atoms. The third kappa shape index (κ3) is 2.80. The zero-order valence-electron chi connectivity index (χ0n) is 9.17. The van der Waals surface area contributed by atoms with Crippen molar-refractivity contribution in [3.05, 3.63) is 47.1 Å². The van der Waals surface area contributed by atoms with E-state index in [1.165, 1.54) is 18.3 Å². The molecule has 0 spiro atoms. The van der Waals surface area contributed by atoms with E-state index in [1.54, 1.807) is 24.3 Å². The van der Waals surface area contributed by atoms with Gasteiger partial charge in [-0.1, -0.05) is 12.1 Å². The largest absolute Gasteiger partial charge is 0.384 e. The first-order chi connectivity index (χ1) is 8.49. The van der Waals surface area contributed by atoms with Crippen LogP contribution in [0.5, 0.6) is 0 Å². The van der Waals surface area contributed by atoms with Crippen molar-refractivity contribution in [3.63, 3.8) is 0 Å². The van der Waals surface area contributed by atoms with Crippen LogP contribution in [0.3, 0.4) is 0 Å². The summed E-state index contributed by atoms with van der Waals surface area (Å²) in [5.74, 6) is 0.157. The lowest BCUT2D eigenvalue weighted by molar-refractivity contribution is 0.601. The molecule has 0 aliphatic rings. The minimum absolute atomic E-state index is 0.0748. The van der Waals surface area contributed by atoms with E-state index in [2.05, 4.69) is 25.6 Å². The number of sulfonamides is 1. The van der Waals surface area contributed by atoms with Gasteiger partial charge in [-0.05, 0) is 34.1 Å². The van der Waals surface area contributed by atoms with E-state index in [0.717, 1.165) is 0 Å². The number of nitrogens with zero attached hydrogens (tertiary/aromatic N) is 1. The van der Waals surface area contributed by atoms with Gasteiger partial charge in [0.2, 0.25) is 0 Å². The number of para-hydroxylation sites is 1. The molecule has 0 saturated heterocycles. The predicted octanol–water partition coefficient (Wildman–Crippen LogP) is 2.23. The van der Waals surface area contributed by atoms with Crippen molar-refractivity contribution in [1.82, 2.24) is 4.98 Å². The minimum Gasteiger partial charge on any atom is -0.384 e. The van der Waals surface area contributed by atoms with Crippen LogP contribution in [0.1, 0.15) is 0 Å². The Kier molecular flexibility index (Phi) is 3.53. The van der Waals surface area contributed by atoms with Gasteiger partial charge in [0.25, 0.3) is 10.0 Å². The fraction of sp³-hybridized carbons (Fsp3) is 0. The van der Waals surface area contributed by atoms with E-state index in [1.807, 2.05) is 0 Å². The maximum atomic E-state index is 12.1. The van der Waals surface area contributed by atoms with Gasteiger partial charge in [-0.25, -0.2) is 13.4 Å². The second-order valence-corrected chi connectivity index (χ2v) is 6.04. The van der Waals surface area contributed by atoms with Crippen LogP contribution in [0.25, 0.3) is 0 Å². The smallest absolute Gasteiger partial charge is 0.262 e. The van der Waals surface area contributed by atoms with E-state index in [-0.39, 0.29) is 10.7 Å². The van der Waals surface area contributed by atoms with Crippen molar-refractivity contribution >= 4 is 37.5 Å². The van der Waals surface area contributed by atoms with Crippen molar-refractivity contribution in [2.24, 2.45) is 0 Å². The van der Waals surface area contributed by atoms with Gasteiger partial charge in [0.15, 0.2) is 0 Å². The molecule has 0 aliphatic carbocycles. The van der Waals surface area contributed by atoms with E-state index < -0.39 is 10.0 Å². The molecule has 7 heteroatoms. The van der Waals surface area contributed by atoms with Gasteiger partial charge >= 0.3 is 0 Å².